The number of nitrogens with zero attached hydrogens (tertiary/aromatic N) is 4. The van der Waals surface area contributed by atoms with Gasteiger partial charge in [0.15, 0.2) is 5.01 Å². The van der Waals surface area contributed by atoms with Crippen molar-refractivity contribution in [3.05, 3.63) is 45.2 Å². The number of hydrogen-bond donors (Lipinski definition) is 1. The smallest absolute Gasteiger partial charge is 0.443 e. The van der Waals surface area contributed by atoms with Crippen LogP contribution in [0.5, 0.6) is 0 Å². The highest BCUT2D eigenvalue weighted by atomic mass is 32.1. The third-order valence-electron chi connectivity index (χ3n) is 8.76. The number of rotatable bonds is 5. The van der Waals surface area contributed by atoms with E-state index in [1.807, 2.05) is 21.6 Å². The lowest BCUT2D eigenvalue weighted by Gasteiger charge is -2.33. The van der Waals surface area contributed by atoms with Gasteiger partial charge >= 0.3 is 12.1 Å². The van der Waals surface area contributed by atoms with Crippen LogP contribution in [-0.2, 0) is 35.3 Å². The number of carboxylic acid groups (broad SMARTS) is 1. The topological polar surface area (TPSA) is 88.3 Å². The van der Waals surface area contributed by atoms with E-state index in [0.29, 0.717) is 72.7 Å². The molecule has 3 aliphatic rings. The van der Waals surface area contributed by atoms with Crippen molar-refractivity contribution in [1.82, 2.24) is 19.4 Å². The Balaban J connectivity index is 1.28. The lowest BCUT2D eigenvalue weighted by atomic mass is 9.80. The highest BCUT2D eigenvalue weighted by molar-refractivity contribution is 7.11. The van der Waals surface area contributed by atoms with Gasteiger partial charge in [-0.2, -0.15) is 13.2 Å². The summed E-state index contributed by atoms with van der Waals surface area (Å²) < 4.78 is 41.8. The number of carboxylic acids is 1. The Kier molecular flexibility index (Phi) is 5.46. The number of aliphatic carboxylic acids is 1. The van der Waals surface area contributed by atoms with Crippen LogP contribution in [0.1, 0.15) is 65.4 Å². The van der Waals surface area contributed by atoms with E-state index in [2.05, 4.69) is 9.97 Å². The van der Waals surface area contributed by atoms with E-state index in [9.17, 15) is 27.9 Å². The fourth-order valence-corrected chi connectivity index (χ4v) is 7.69. The van der Waals surface area contributed by atoms with Crippen LogP contribution in [0.25, 0.3) is 11.0 Å². The molecule has 6 rings (SSSR count). The Labute approximate surface area is 215 Å². The molecule has 2 aliphatic carbocycles. The number of aryl methyl sites for hydroxylation is 1. The standard InChI is InChI=1S/C26H27F3N4O3S/c1-15-19(37-22(31-15)26(27,28)29)13-33-18-12-32(10-4-16(18)17-3-2-9-30-21(17)33)20(34)11-24-5-7-25(14-24,8-6-24)23(35)36/h2-3,9H,4-8,10-14H2,1H3,(H,35,36). The highest BCUT2D eigenvalue weighted by Gasteiger charge is 2.58. The van der Waals surface area contributed by atoms with Gasteiger partial charge in [-0.25, -0.2) is 9.97 Å². The zero-order valence-electron chi connectivity index (χ0n) is 20.4. The molecule has 0 radical (unpaired) electrons. The van der Waals surface area contributed by atoms with Gasteiger partial charge < -0.3 is 14.6 Å². The number of amides is 1. The second kappa shape index (κ2) is 8.28. The van der Waals surface area contributed by atoms with Crippen molar-refractivity contribution < 1.29 is 27.9 Å². The van der Waals surface area contributed by atoms with Crippen molar-refractivity contribution in [2.24, 2.45) is 10.8 Å². The molecule has 196 valence electrons. The summed E-state index contributed by atoms with van der Waals surface area (Å²) in [6, 6.07) is 3.82. The average Bonchev–Trinajstić information content (AvgIpc) is 3.60. The molecule has 1 amide bonds. The third kappa shape index (κ3) is 3.93. The van der Waals surface area contributed by atoms with E-state index in [4.69, 9.17) is 0 Å². The first-order valence-corrected chi connectivity index (χ1v) is 13.3. The molecule has 3 aromatic heterocycles. The summed E-state index contributed by atoms with van der Waals surface area (Å²) in [6.45, 7) is 2.70. The molecule has 1 N–H and O–H groups in total. The number of hydrogen-bond acceptors (Lipinski definition) is 5. The molecule has 0 spiro atoms. The van der Waals surface area contributed by atoms with Crippen LogP contribution in [0.2, 0.25) is 0 Å². The number of carbonyl (C=O) groups is 2. The first-order chi connectivity index (χ1) is 17.5. The van der Waals surface area contributed by atoms with E-state index in [1.54, 1.807) is 13.1 Å². The molecule has 0 aromatic carbocycles. The molecule has 11 heteroatoms. The van der Waals surface area contributed by atoms with Gasteiger partial charge in [0.2, 0.25) is 5.91 Å². The molecule has 0 unspecified atom stereocenters. The minimum atomic E-state index is -4.49. The molecule has 2 saturated carbocycles. The quantitative estimate of drug-likeness (QED) is 0.489. The molecule has 2 bridgehead atoms. The molecular weight excluding hydrogens is 505 g/mol. The number of thiazole rings is 1. The molecule has 1 aliphatic heterocycles. The van der Waals surface area contributed by atoms with E-state index in [1.165, 1.54) is 0 Å². The Morgan fingerprint density at radius 1 is 1.22 bits per heavy atom. The Morgan fingerprint density at radius 3 is 2.62 bits per heavy atom. The van der Waals surface area contributed by atoms with E-state index >= 15 is 0 Å². The minimum absolute atomic E-state index is 0.0202. The van der Waals surface area contributed by atoms with E-state index < -0.39 is 22.6 Å². The molecule has 3 aromatic rings. The van der Waals surface area contributed by atoms with Gasteiger partial charge in [-0.3, -0.25) is 9.59 Å². The summed E-state index contributed by atoms with van der Waals surface area (Å²) in [5.41, 5.74) is 2.10. The second-order valence-corrected chi connectivity index (χ2v) is 12.0. The van der Waals surface area contributed by atoms with E-state index in [-0.39, 0.29) is 17.9 Å². The van der Waals surface area contributed by atoms with Crippen LogP contribution in [0.3, 0.4) is 0 Å². The minimum Gasteiger partial charge on any atom is -0.481 e. The maximum absolute atomic E-state index is 13.5. The fourth-order valence-electron chi connectivity index (χ4n) is 6.77. The highest BCUT2D eigenvalue weighted by Crippen LogP contribution is 2.63. The zero-order valence-corrected chi connectivity index (χ0v) is 21.2. The van der Waals surface area contributed by atoms with Crippen LogP contribution < -0.4 is 0 Å². The predicted molar refractivity (Wildman–Crippen MR) is 130 cm³/mol. The van der Waals surface area contributed by atoms with Crippen molar-refractivity contribution in [3.63, 3.8) is 0 Å². The summed E-state index contributed by atoms with van der Waals surface area (Å²) in [4.78, 5) is 36.0. The first kappa shape index (κ1) is 24.4. The third-order valence-corrected chi connectivity index (χ3v) is 9.95. The molecule has 4 heterocycles. The van der Waals surface area contributed by atoms with Gasteiger partial charge in [0, 0.05) is 35.1 Å². The maximum atomic E-state index is 13.5. The first-order valence-electron chi connectivity index (χ1n) is 12.5. The Hall–Kier alpha value is -2.95. The van der Waals surface area contributed by atoms with Crippen molar-refractivity contribution >= 4 is 34.2 Å². The van der Waals surface area contributed by atoms with Crippen molar-refractivity contribution in [1.29, 1.82) is 0 Å². The number of alkyl halides is 3. The number of carbonyl (C=O) groups excluding carboxylic acids is 1. The average molecular weight is 533 g/mol. The normalized spacial score (nSPS) is 25.1. The van der Waals surface area contributed by atoms with Crippen LogP contribution in [0, 0.1) is 17.8 Å². The van der Waals surface area contributed by atoms with Gasteiger partial charge in [0.05, 0.1) is 24.2 Å². The number of halogens is 3. The van der Waals surface area contributed by atoms with Crippen molar-refractivity contribution in [2.45, 2.75) is 71.1 Å². The number of fused-ring (bicyclic) bond motifs is 5. The predicted octanol–water partition coefficient (Wildman–Crippen LogP) is 5.18. The lowest BCUT2D eigenvalue weighted by Crippen LogP contribution is -2.39. The van der Waals surface area contributed by atoms with Crippen molar-refractivity contribution in [2.75, 3.05) is 6.54 Å². The van der Waals surface area contributed by atoms with Gasteiger partial charge in [-0.15, -0.1) is 11.3 Å². The van der Waals surface area contributed by atoms with Crippen molar-refractivity contribution in [3.8, 4) is 0 Å². The zero-order chi connectivity index (χ0) is 26.2. The molecule has 37 heavy (non-hydrogen) atoms. The molecule has 7 nitrogen and oxygen atoms in total. The van der Waals surface area contributed by atoms with E-state index in [0.717, 1.165) is 29.5 Å². The Morgan fingerprint density at radius 2 is 1.97 bits per heavy atom. The summed E-state index contributed by atoms with van der Waals surface area (Å²) in [5, 5.41) is 9.81. The Bertz CT molecular complexity index is 1420. The fraction of sp³-hybridized carbons (Fsp3) is 0.538. The summed E-state index contributed by atoms with van der Waals surface area (Å²) >= 11 is 0.648. The SMILES string of the molecule is Cc1nc(C(F)(F)F)sc1Cn1c2c(c3cccnc31)CCN(C(=O)CC13CCC(C(=O)O)(CC1)C3)C2. The molecule has 0 saturated heterocycles. The van der Waals surface area contributed by atoms with Gasteiger partial charge in [0.1, 0.15) is 5.65 Å². The summed E-state index contributed by atoms with van der Waals surface area (Å²) in [7, 11) is 0. The van der Waals surface area contributed by atoms with Crippen LogP contribution in [0.15, 0.2) is 18.3 Å². The molecule has 2 fully saturated rings. The molecule has 0 atom stereocenters. The lowest BCUT2D eigenvalue weighted by molar-refractivity contribution is -0.148. The summed E-state index contributed by atoms with van der Waals surface area (Å²) in [5.74, 6) is -0.724. The van der Waals surface area contributed by atoms with Crippen LogP contribution in [-0.4, -0.2) is 43.0 Å². The number of aromatic nitrogens is 3. The summed E-state index contributed by atoms with van der Waals surface area (Å²) in [6.07, 6.45) is 1.52. The second-order valence-electron chi connectivity index (χ2n) is 10.9. The monoisotopic (exact) mass is 532 g/mol. The van der Waals surface area contributed by atoms with Crippen LogP contribution >= 0.6 is 11.3 Å². The van der Waals surface area contributed by atoms with Gasteiger partial charge in [-0.05, 0) is 68.6 Å². The largest absolute Gasteiger partial charge is 0.481 e. The number of pyridine rings is 1. The maximum Gasteiger partial charge on any atom is 0.443 e. The molecular formula is C26H27F3N4O3S. The van der Waals surface area contributed by atoms with Gasteiger partial charge in [0.25, 0.3) is 0 Å². The van der Waals surface area contributed by atoms with Gasteiger partial charge in [-0.1, -0.05) is 0 Å². The van der Waals surface area contributed by atoms with Crippen LogP contribution in [0.4, 0.5) is 13.2 Å².